The third-order valence-corrected chi connectivity index (χ3v) is 4.59. The summed E-state index contributed by atoms with van der Waals surface area (Å²) in [5, 5.41) is 8.50. The van der Waals surface area contributed by atoms with Crippen LogP contribution in [0.25, 0.3) is 0 Å². The van der Waals surface area contributed by atoms with Gasteiger partial charge in [-0.05, 0) is 31.6 Å². The van der Waals surface area contributed by atoms with Crippen molar-refractivity contribution in [3.8, 4) is 0 Å². The number of rotatable bonds is 4. The molecule has 1 aliphatic carbocycles. The minimum atomic E-state index is -0.0277. The van der Waals surface area contributed by atoms with Crippen LogP contribution in [0.3, 0.4) is 0 Å². The summed E-state index contributed by atoms with van der Waals surface area (Å²) in [4.78, 5) is 22.5. The first-order valence-corrected chi connectivity index (χ1v) is 8.25. The Balaban J connectivity index is 1.39. The molecule has 120 valence electrons. The Morgan fingerprint density at radius 1 is 1.26 bits per heavy atom. The van der Waals surface area contributed by atoms with E-state index in [1.54, 1.807) is 12.4 Å². The molecule has 0 unspecified atom stereocenters. The predicted octanol–water partition coefficient (Wildman–Crippen LogP) is 1.50. The van der Waals surface area contributed by atoms with Gasteiger partial charge in [0, 0.05) is 44.1 Å². The largest absolute Gasteiger partial charge is 0.337 e. The Morgan fingerprint density at radius 2 is 2.17 bits per heavy atom. The molecule has 7 nitrogen and oxygen atoms in total. The van der Waals surface area contributed by atoms with E-state index in [2.05, 4.69) is 26.5 Å². The second-order valence-corrected chi connectivity index (χ2v) is 6.49. The Kier molecular flexibility index (Phi) is 3.77. The highest BCUT2D eigenvalue weighted by Gasteiger charge is 2.28. The van der Waals surface area contributed by atoms with Gasteiger partial charge in [0.05, 0.1) is 11.9 Å². The molecule has 23 heavy (non-hydrogen) atoms. The van der Waals surface area contributed by atoms with E-state index in [-0.39, 0.29) is 5.91 Å². The second kappa shape index (κ2) is 6.06. The number of hydrogen-bond acceptors (Lipinski definition) is 5. The number of amides is 1. The van der Waals surface area contributed by atoms with Crippen molar-refractivity contribution in [3.63, 3.8) is 0 Å². The van der Waals surface area contributed by atoms with Crippen LogP contribution in [-0.2, 0) is 6.54 Å². The zero-order valence-corrected chi connectivity index (χ0v) is 13.0. The van der Waals surface area contributed by atoms with Gasteiger partial charge >= 0.3 is 0 Å². The number of carbonyl (C=O) groups excluding carboxylic acids is 1. The van der Waals surface area contributed by atoms with Crippen molar-refractivity contribution < 1.29 is 4.79 Å². The molecule has 7 heteroatoms. The molecular weight excluding hydrogens is 292 g/mol. The van der Waals surface area contributed by atoms with Gasteiger partial charge in [-0.1, -0.05) is 5.21 Å². The Labute approximate surface area is 134 Å². The van der Waals surface area contributed by atoms with Gasteiger partial charge in [-0.25, -0.2) is 4.98 Å². The van der Waals surface area contributed by atoms with Crippen LogP contribution in [0.2, 0.25) is 0 Å². The summed E-state index contributed by atoms with van der Waals surface area (Å²) in [6, 6.07) is 0. The first-order chi connectivity index (χ1) is 11.3. The first kappa shape index (κ1) is 14.3. The van der Waals surface area contributed by atoms with Crippen molar-refractivity contribution in [2.75, 3.05) is 13.1 Å². The van der Waals surface area contributed by atoms with Crippen molar-refractivity contribution in [3.05, 3.63) is 36.2 Å². The van der Waals surface area contributed by atoms with E-state index in [1.165, 1.54) is 19.0 Å². The summed E-state index contributed by atoms with van der Waals surface area (Å²) in [5.74, 6) is 1.02. The zero-order valence-electron chi connectivity index (χ0n) is 13.0. The molecule has 0 radical (unpaired) electrons. The number of aromatic nitrogens is 5. The molecule has 0 bridgehead atoms. The monoisotopic (exact) mass is 312 g/mol. The molecule has 2 aromatic rings. The number of piperidine rings is 1. The lowest BCUT2D eigenvalue weighted by atomic mass is 9.98. The van der Waals surface area contributed by atoms with Crippen LogP contribution in [0, 0.1) is 5.92 Å². The molecule has 1 saturated heterocycles. The lowest BCUT2D eigenvalue weighted by Gasteiger charge is -2.32. The Morgan fingerprint density at radius 3 is 2.96 bits per heavy atom. The number of carbonyl (C=O) groups is 1. The highest BCUT2D eigenvalue weighted by atomic mass is 16.2. The highest BCUT2D eigenvalue weighted by molar-refractivity contribution is 5.92. The van der Waals surface area contributed by atoms with Gasteiger partial charge in [0.2, 0.25) is 0 Å². The summed E-state index contributed by atoms with van der Waals surface area (Å²) in [5.41, 5.74) is 1.54. The van der Waals surface area contributed by atoms with Crippen molar-refractivity contribution in [2.24, 2.45) is 5.92 Å². The highest BCUT2D eigenvalue weighted by Crippen LogP contribution is 2.38. The Hall–Kier alpha value is -2.31. The van der Waals surface area contributed by atoms with E-state index >= 15 is 0 Å². The van der Waals surface area contributed by atoms with E-state index in [4.69, 9.17) is 0 Å². The first-order valence-electron chi connectivity index (χ1n) is 8.25. The van der Waals surface area contributed by atoms with E-state index in [1.807, 2.05) is 9.58 Å². The third-order valence-electron chi connectivity index (χ3n) is 4.59. The van der Waals surface area contributed by atoms with Gasteiger partial charge in [0.25, 0.3) is 5.91 Å². The maximum atomic E-state index is 12.5. The number of hydrogen-bond donors (Lipinski definition) is 0. The van der Waals surface area contributed by atoms with Crippen LogP contribution in [0.15, 0.2) is 24.8 Å². The molecule has 0 N–H and O–H groups in total. The minimum Gasteiger partial charge on any atom is -0.337 e. The van der Waals surface area contributed by atoms with Crippen LogP contribution >= 0.6 is 0 Å². The summed E-state index contributed by atoms with van der Waals surface area (Å²) in [6.45, 7) is 2.36. The fourth-order valence-corrected chi connectivity index (χ4v) is 3.20. The van der Waals surface area contributed by atoms with Crippen LogP contribution in [0.1, 0.15) is 47.8 Å². The van der Waals surface area contributed by atoms with Crippen molar-refractivity contribution in [1.82, 2.24) is 29.9 Å². The molecular formula is C16H20N6O. The van der Waals surface area contributed by atoms with Crippen molar-refractivity contribution in [1.29, 1.82) is 0 Å². The topological polar surface area (TPSA) is 76.8 Å². The Bertz CT molecular complexity index is 681. The van der Waals surface area contributed by atoms with E-state index in [0.29, 0.717) is 17.5 Å². The zero-order chi connectivity index (χ0) is 15.6. The molecule has 2 fully saturated rings. The number of likely N-dealkylation sites (tertiary alicyclic amines) is 1. The van der Waals surface area contributed by atoms with E-state index in [0.717, 1.165) is 38.2 Å². The average Bonchev–Trinajstić information content (AvgIpc) is 3.35. The normalized spacial score (nSPS) is 21.4. The molecule has 1 saturated carbocycles. The van der Waals surface area contributed by atoms with Crippen LogP contribution < -0.4 is 0 Å². The molecule has 2 aliphatic rings. The maximum Gasteiger partial charge on any atom is 0.274 e. The lowest BCUT2D eigenvalue weighted by molar-refractivity contribution is 0.0653. The fraction of sp³-hybridized carbons (Fsp3) is 0.562. The maximum absolute atomic E-state index is 12.5. The van der Waals surface area contributed by atoms with Crippen LogP contribution in [-0.4, -0.2) is 48.9 Å². The molecule has 0 aromatic carbocycles. The lowest BCUT2D eigenvalue weighted by Crippen LogP contribution is -2.41. The summed E-state index contributed by atoms with van der Waals surface area (Å²) < 4.78 is 1.94. The van der Waals surface area contributed by atoms with Gasteiger partial charge < -0.3 is 4.90 Å². The fourth-order valence-electron chi connectivity index (χ4n) is 3.20. The van der Waals surface area contributed by atoms with Gasteiger partial charge in [-0.3, -0.25) is 14.5 Å². The van der Waals surface area contributed by atoms with E-state index < -0.39 is 0 Å². The smallest absolute Gasteiger partial charge is 0.274 e. The molecule has 3 heterocycles. The van der Waals surface area contributed by atoms with Gasteiger partial charge in [-0.2, -0.15) is 0 Å². The van der Waals surface area contributed by atoms with E-state index in [9.17, 15) is 4.79 Å². The van der Waals surface area contributed by atoms with Crippen LogP contribution in [0.4, 0.5) is 0 Å². The van der Waals surface area contributed by atoms with Gasteiger partial charge in [-0.15, -0.1) is 5.10 Å². The number of nitrogens with zero attached hydrogens (tertiary/aromatic N) is 6. The molecule has 1 amide bonds. The molecule has 4 rings (SSSR count). The third kappa shape index (κ3) is 3.23. The molecule has 1 aliphatic heterocycles. The average molecular weight is 312 g/mol. The molecule has 1 atom stereocenters. The molecule has 2 aromatic heterocycles. The van der Waals surface area contributed by atoms with Crippen molar-refractivity contribution in [2.45, 2.75) is 38.1 Å². The second-order valence-electron chi connectivity index (χ2n) is 6.49. The SMILES string of the molecule is O=C(c1cnccn1)N1CCC[C@@H](Cn2cc(C3CC3)nn2)C1. The van der Waals surface area contributed by atoms with Crippen molar-refractivity contribution >= 4 is 5.91 Å². The summed E-state index contributed by atoms with van der Waals surface area (Å²) >= 11 is 0. The summed E-state index contributed by atoms with van der Waals surface area (Å²) in [6.07, 6.45) is 11.3. The predicted molar refractivity (Wildman–Crippen MR) is 82.7 cm³/mol. The molecule has 0 spiro atoms. The minimum absolute atomic E-state index is 0.0277. The standard InChI is InChI=1S/C16H20N6O/c23-16(14-8-17-5-6-18-14)21-7-1-2-12(9-21)10-22-11-15(19-20-22)13-3-4-13/h5-6,8,11-13H,1-4,7,9-10H2/t12-/m1/s1. The van der Waals surface area contributed by atoms with Gasteiger partial charge in [0.1, 0.15) is 5.69 Å². The summed E-state index contributed by atoms with van der Waals surface area (Å²) in [7, 11) is 0. The van der Waals surface area contributed by atoms with Crippen LogP contribution in [0.5, 0.6) is 0 Å². The quantitative estimate of drug-likeness (QED) is 0.855. The van der Waals surface area contributed by atoms with Gasteiger partial charge in [0.15, 0.2) is 0 Å².